The third-order valence-corrected chi connectivity index (χ3v) is 8.69. The average molecular weight is 389 g/mol. The van der Waals surface area contributed by atoms with E-state index in [4.69, 9.17) is 9.84 Å². The first-order chi connectivity index (χ1) is 13.2. The minimum absolute atomic E-state index is 0.00210. The number of ether oxygens (including phenoxy) is 1. The van der Waals surface area contributed by atoms with E-state index in [9.17, 15) is 14.4 Å². The van der Waals surface area contributed by atoms with Crippen molar-refractivity contribution >= 4 is 17.7 Å². The molecule has 0 spiro atoms. The van der Waals surface area contributed by atoms with E-state index < -0.39 is 5.97 Å². The summed E-state index contributed by atoms with van der Waals surface area (Å²) >= 11 is 0. The highest BCUT2D eigenvalue weighted by Crippen LogP contribution is 2.65. The largest absolute Gasteiger partial charge is 0.481 e. The van der Waals surface area contributed by atoms with Gasteiger partial charge in [0.2, 0.25) is 0 Å². The number of allylic oxidation sites excluding steroid dienone is 1. The van der Waals surface area contributed by atoms with Crippen molar-refractivity contribution in [1.82, 2.24) is 0 Å². The number of ketones is 1. The second kappa shape index (κ2) is 7.00. The van der Waals surface area contributed by atoms with Crippen LogP contribution in [0.4, 0.5) is 0 Å². The summed E-state index contributed by atoms with van der Waals surface area (Å²) in [6, 6.07) is 0. The third-order valence-electron chi connectivity index (χ3n) is 8.69. The van der Waals surface area contributed by atoms with Gasteiger partial charge in [0.15, 0.2) is 5.78 Å². The highest BCUT2D eigenvalue weighted by molar-refractivity contribution is 5.91. The zero-order valence-corrected chi connectivity index (χ0v) is 17.0. The number of carboxylic acid groups (broad SMARTS) is 1. The molecule has 0 aromatic carbocycles. The van der Waals surface area contributed by atoms with Crippen LogP contribution in [0.15, 0.2) is 11.6 Å². The van der Waals surface area contributed by atoms with Crippen molar-refractivity contribution in [2.45, 2.75) is 84.2 Å². The topological polar surface area (TPSA) is 80.7 Å². The van der Waals surface area contributed by atoms with Gasteiger partial charge in [-0.15, -0.1) is 0 Å². The Balaban J connectivity index is 1.49. The van der Waals surface area contributed by atoms with Crippen molar-refractivity contribution in [3.63, 3.8) is 0 Å². The van der Waals surface area contributed by atoms with Crippen LogP contribution in [0.1, 0.15) is 78.1 Å². The van der Waals surface area contributed by atoms with Gasteiger partial charge in [0.05, 0.1) is 12.8 Å². The standard InChI is InChI=1S/C23H32O5/c1-22-11-9-15(24)13-14(22)3-4-16-17-5-6-19(23(17,2)12-10-18(16)22)28-21(27)8-7-20(25)26/h13,16-19H,3-12H2,1-2H3,(H,25,26)/t16-,17+,18+,19+,22+,23+/m1/s1. The minimum Gasteiger partial charge on any atom is -0.481 e. The monoisotopic (exact) mass is 388 g/mol. The van der Waals surface area contributed by atoms with Gasteiger partial charge >= 0.3 is 11.9 Å². The molecule has 0 saturated heterocycles. The molecule has 5 heteroatoms. The van der Waals surface area contributed by atoms with Crippen LogP contribution < -0.4 is 0 Å². The van der Waals surface area contributed by atoms with E-state index in [1.165, 1.54) is 5.57 Å². The summed E-state index contributed by atoms with van der Waals surface area (Å²) in [5.41, 5.74) is 1.54. The van der Waals surface area contributed by atoms with E-state index >= 15 is 0 Å². The summed E-state index contributed by atoms with van der Waals surface area (Å²) in [6.07, 6.45) is 9.62. The number of esters is 1. The Morgan fingerprint density at radius 3 is 2.61 bits per heavy atom. The highest BCUT2D eigenvalue weighted by atomic mass is 16.5. The molecule has 0 unspecified atom stereocenters. The average Bonchev–Trinajstić information content (AvgIpc) is 2.97. The highest BCUT2D eigenvalue weighted by Gasteiger charge is 2.59. The number of rotatable bonds is 4. The number of aliphatic carboxylic acids is 1. The molecule has 0 aliphatic heterocycles. The smallest absolute Gasteiger partial charge is 0.306 e. The molecule has 0 aromatic heterocycles. The van der Waals surface area contributed by atoms with Crippen molar-refractivity contribution < 1.29 is 24.2 Å². The first kappa shape index (κ1) is 19.7. The van der Waals surface area contributed by atoms with Crippen molar-refractivity contribution in [2.24, 2.45) is 28.6 Å². The van der Waals surface area contributed by atoms with Gasteiger partial charge in [-0.1, -0.05) is 19.4 Å². The summed E-state index contributed by atoms with van der Waals surface area (Å²) < 4.78 is 5.80. The number of fused-ring (bicyclic) bond motifs is 5. The Labute approximate surface area is 166 Å². The van der Waals surface area contributed by atoms with Crippen molar-refractivity contribution in [1.29, 1.82) is 0 Å². The van der Waals surface area contributed by atoms with Crippen LogP contribution in [0.2, 0.25) is 0 Å². The Kier molecular flexibility index (Phi) is 4.91. The minimum atomic E-state index is -0.960. The molecule has 4 aliphatic rings. The van der Waals surface area contributed by atoms with E-state index in [-0.39, 0.29) is 35.7 Å². The molecule has 0 heterocycles. The lowest BCUT2D eigenvalue weighted by Gasteiger charge is -2.57. The zero-order valence-electron chi connectivity index (χ0n) is 17.0. The molecule has 3 fully saturated rings. The number of hydrogen-bond acceptors (Lipinski definition) is 4. The number of carboxylic acids is 1. The third kappa shape index (κ3) is 3.11. The van der Waals surface area contributed by atoms with E-state index in [1.54, 1.807) is 0 Å². The second-order valence-electron chi connectivity index (χ2n) is 9.96. The fourth-order valence-corrected chi connectivity index (χ4v) is 7.13. The molecule has 5 nitrogen and oxygen atoms in total. The van der Waals surface area contributed by atoms with Crippen molar-refractivity contribution in [3.8, 4) is 0 Å². The first-order valence-corrected chi connectivity index (χ1v) is 10.9. The van der Waals surface area contributed by atoms with Crippen LogP contribution in [-0.2, 0) is 19.1 Å². The number of carbonyl (C=O) groups excluding carboxylic acids is 2. The predicted molar refractivity (Wildman–Crippen MR) is 103 cm³/mol. The molecule has 0 radical (unpaired) electrons. The van der Waals surface area contributed by atoms with Crippen LogP contribution in [0, 0.1) is 28.6 Å². The Morgan fingerprint density at radius 2 is 1.86 bits per heavy atom. The van der Waals surface area contributed by atoms with E-state index in [1.807, 2.05) is 6.08 Å². The van der Waals surface area contributed by atoms with Crippen molar-refractivity contribution in [3.05, 3.63) is 11.6 Å². The van der Waals surface area contributed by atoms with Crippen LogP contribution in [0.3, 0.4) is 0 Å². The van der Waals surface area contributed by atoms with E-state index in [0.29, 0.717) is 30.0 Å². The predicted octanol–water partition coefficient (Wildman–Crippen LogP) is 4.29. The van der Waals surface area contributed by atoms with Gasteiger partial charge in [0, 0.05) is 11.8 Å². The fraction of sp³-hybridized carbons (Fsp3) is 0.783. The lowest BCUT2D eigenvalue weighted by atomic mass is 9.47. The van der Waals surface area contributed by atoms with E-state index in [0.717, 1.165) is 44.9 Å². The maximum absolute atomic E-state index is 12.1. The van der Waals surface area contributed by atoms with Gasteiger partial charge < -0.3 is 9.84 Å². The van der Waals surface area contributed by atoms with Gasteiger partial charge in [0.1, 0.15) is 6.10 Å². The van der Waals surface area contributed by atoms with Gasteiger partial charge in [0.25, 0.3) is 0 Å². The van der Waals surface area contributed by atoms with Crippen LogP contribution in [-0.4, -0.2) is 28.9 Å². The Hall–Kier alpha value is -1.65. The summed E-state index contributed by atoms with van der Waals surface area (Å²) in [4.78, 5) is 34.8. The first-order valence-electron chi connectivity index (χ1n) is 10.9. The molecule has 0 bridgehead atoms. The van der Waals surface area contributed by atoms with Gasteiger partial charge in [-0.3, -0.25) is 14.4 Å². The summed E-state index contributed by atoms with van der Waals surface area (Å²) in [7, 11) is 0. The van der Waals surface area contributed by atoms with Crippen molar-refractivity contribution in [2.75, 3.05) is 0 Å². The molecule has 0 aromatic rings. The molecular weight excluding hydrogens is 356 g/mol. The molecule has 0 amide bonds. The SMILES string of the molecule is C[C@]12CC[C@H]3[C@H](CCC4=CC(=O)CC[C@@]43C)[C@@H]1CC[C@@H]2OC(=O)CCC(=O)O. The molecule has 154 valence electrons. The van der Waals surface area contributed by atoms with Gasteiger partial charge in [-0.05, 0) is 74.2 Å². The van der Waals surface area contributed by atoms with Gasteiger partial charge in [-0.2, -0.15) is 0 Å². The van der Waals surface area contributed by atoms with Crippen LogP contribution in [0.5, 0.6) is 0 Å². The maximum Gasteiger partial charge on any atom is 0.306 e. The lowest BCUT2D eigenvalue weighted by Crippen LogP contribution is -2.51. The zero-order chi connectivity index (χ0) is 20.1. The molecule has 3 saturated carbocycles. The fourth-order valence-electron chi connectivity index (χ4n) is 7.13. The lowest BCUT2D eigenvalue weighted by molar-refractivity contribution is -0.161. The van der Waals surface area contributed by atoms with E-state index in [2.05, 4.69) is 13.8 Å². The quantitative estimate of drug-likeness (QED) is 0.727. The number of carbonyl (C=O) groups is 3. The van der Waals surface area contributed by atoms with Gasteiger partial charge in [-0.25, -0.2) is 0 Å². The van der Waals surface area contributed by atoms with Crippen LogP contribution >= 0.6 is 0 Å². The molecule has 4 aliphatic carbocycles. The molecule has 4 rings (SSSR count). The summed E-state index contributed by atoms with van der Waals surface area (Å²) in [5, 5.41) is 8.79. The summed E-state index contributed by atoms with van der Waals surface area (Å²) in [5.74, 6) is 0.776. The number of hydrogen-bond donors (Lipinski definition) is 1. The normalized spacial score (nSPS) is 42.1. The maximum atomic E-state index is 12.1. The molecule has 6 atom stereocenters. The van der Waals surface area contributed by atoms with Crippen LogP contribution in [0.25, 0.3) is 0 Å². The summed E-state index contributed by atoms with van der Waals surface area (Å²) in [6.45, 7) is 4.66. The Morgan fingerprint density at radius 1 is 1.07 bits per heavy atom. The second-order valence-corrected chi connectivity index (χ2v) is 9.96. The molecule has 1 N–H and O–H groups in total. The Bertz CT molecular complexity index is 725. The molecule has 28 heavy (non-hydrogen) atoms. The molecular formula is C23H32O5.